The van der Waals surface area contributed by atoms with E-state index < -0.39 is 0 Å². The Labute approximate surface area is 120 Å². The Balaban J connectivity index is 2.14. The van der Waals surface area contributed by atoms with E-state index in [1.807, 2.05) is 68.4 Å². The number of ether oxygens (including phenoxy) is 1. The van der Waals surface area contributed by atoms with Crippen molar-refractivity contribution in [1.82, 2.24) is 0 Å². The first kappa shape index (κ1) is 14.1. The largest absolute Gasteiger partial charge is 0.491 e. The van der Waals surface area contributed by atoms with E-state index in [0.29, 0.717) is 6.42 Å². The summed E-state index contributed by atoms with van der Waals surface area (Å²) >= 11 is 0. The van der Waals surface area contributed by atoms with Gasteiger partial charge in [0.2, 0.25) is 0 Å². The van der Waals surface area contributed by atoms with Crippen molar-refractivity contribution < 1.29 is 4.74 Å². The molecule has 0 bridgehead atoms. The molecule has 2 rings (SSSR count). The second-order valence-corrected chi connectivity index (χ2v) is 5.11. The van der Waals surface area contributed by atoms with Gasteiger partial charge in [0.1, 0.15) is 5.75 Å². The average Bonchev–Trinajstić information content (AvgIpc) is 2.45. The topological polar surface area (TPSA) is 33.0 Å². The first-order chi connectivity index (χ1) is 9.69. The fraction of sp³-hybridized carbons (Fsp3) is 0.278. The summed E-state index contributed by atoms with van der Waals surface area (Å²) < 4.78 is 5.69. The summed E-state index contributed by atoms with van der Waals surface area (Å²) in [6.45, 7) is 4.02. The van der Waals surface area contributed by atoms with Gasteiger partial charge in [-0.25, -0.2) is 0 Å². The molecule has 1 unspecified atom stereocenters. The maximum atomic E-state index is 9.37. The van der Waals surface area contributed by atoms with Gasteiger partial charge in [-0.15, -0.1) is 0 Å². The number of hydrogen-bond donors (Lipinski definition) is 0. The minimum absolute atomic E-state index is 0.120. The Morgan fingerprint density at radius 3 is 2.45 bits per heavy atom. The van der Waals surface area contributed by atoms with E-state index in [9.17, 15) is 5.26 Å². The van der Waals surface area contributed by atoms with Crippen molar-refractivity contribution in [3.63, 3.8) is 0 Å². The van der Waals surface area contributed by atoms with Gasteiger partial charge in [0.15, 0.2) is 0 Å². The molecule has 0 spiro atoms. The van der Waals surface area contributed by atoms with Gasteiger partial charge in [-0.05, 0) is 43.5 Å². The Kier molecular flexibility index (Phi) is 4.79. The zero-order chi connectivity index (χ0) is 14.4. The van der Waals surface area contributed by atoms with E-state index in [0.717, 1.165) is 16.9 Å². The Bertz CT molecular complexity index is 584. The van der Waals surface area contributed by atoms with E-state index in [4.69, 9.17) is 4.74 Å². The Morgan fingerprint density at radius 1 is 1.05 bits per heavy atom. The van der Waals surface area contributed by atoms with Gasteiger partial charge in [0.25, 0.3) is 0 Å². The smallest absolute Gasteiger partial charge is 0.119 e. The van der Waals surface area contributed by atoms with Crippen LogP contribution in [0.25, 0.3) is 0 Å². The van der Waals surface area contributed by atoms with Crippen molar-refractivity contribution in [1.29, 1.82) is 5.26 Å². The van der Waals surface area contributed by atoms with Gasteiger partial charge in [-0.2, -0.15) is 5.26 Å². The third-order valence-electron chi connectivity index (χ3n) is 3.07. The van der Waals surface area contributed by atoms with Crippen LogP contribution >= 0.6 is 0 Å². The van der Waals surface area contributed by atoms with Crippen molar-refractivity contribution >= 4 is 0 Å². The number of rotatable bonds is 5. The monoisotopic (exact) mass is 265 g/mol. The fourth-order valence-electron chi connectivity index (χ4n) is 2.18. The first-order valence-corrected chi connectivity index (χ1v) is 6.89. The second-order valence-electron chi connectivity index (χ2n) is 5.11. The van der Waals surface area contributed by atoms with Gasteiger partial charge in [-0.1, -0.05) is 42.5 Å². The lowest BCUT2D eigenvalue weighted by Crippen LogP contribution is -2.06. The van der Waals surface area contributed by atoms with Crippen LogP contribution in [0.3, 0.4) is 0 Å². The molecular formula is C18H19NO. The van der Waals surface area contributed by atoms with Gasteiger partial charge in [0.05, 0.1) is 18.1 Å². The van der Waals surface area contributed by atoms with Gasteiger partial charge in [-0.3, -0.25) is 0 Å². The number of benzene rings is 2. The number of nitrogens with zero attached hydrogens (tertiary/aromatic N) is 1. The number of nitriles is 1. The molecule has 102 valence electrons. The minimum Gasteiger partial charge on any atom is -0.491 e. The van der Waals surface area contributed by atoms with Crippen LogP contribution in [0.5, 0.6) is 5.75 Å². The average molecular weight is 265 g/mol. The van der Waals surface area contributed by atoms with Crippen molar-refractivity contribution in [3.05, 3.63) is 65.7 Å². The molecule has 0 aromatic heterocycles. The Hall–Kier alpha value is -2.27. The molecule has 0 aliphatic carbocycles. The molecule has 2 aromatic carbocycles. The van der Waals surface area contributed by atoms with Crippen LogP contribution in [-0.2, 0) is 6.42 Å². The van der Waals surface area contributed by atoms with E-state index in [-0.39, 0.29) is 12.0 Å². The van der Waals surface area contributed by atoms with Crippen molar-refractivity contribution in [3.8, 4) is 11.8 Å². The molecule has 0 radical (unpaired) electrons. The molecule has 20 heavy (non-hydrogen) atoms. The van der Waals surface area contributed by atoms with Crippen LogP contribution in [0.15, 0.2) is 54.6 Å². The summed E-state index contributed by atoms with van der Waals surface area (Å²) in [7, 11) is 0. The fourth-order valence-corrected chi connectivity index (χ4v) is 2.18. The van der Waals surface area contributed by atoms with Crippen LogP contribution in [0.2, 0.25) is 0 Å². The molecule has 0 heterocycles. The summed E-state index contributed by atoms with van der Waals surface area (Å²) in [6, 6.07) is 20.3. The third kappa shape index (κ3) is 3.86. The van der Waals surface area contributed by atoms with Crippen molar-refractivity contribution in [2.24, 2.45) is 0 Å². The first-order valence-electron chi connectivity index (χ1n) is 6.89. The predicted octanol–water partition coefficient (Wildman–Crippen LogP) is 4.32. The summed E-state index contributed by atoms with van der Waals surface area (Å²) in [5.41, 5.74) is 2.18. The van der Waals surface area contributed by atoms with Crippen molar-refractivity contribution in [2.75, 3.05) is 0 Å². The lowest BCUT2D eigenvalue weighted by atomic mass is 9.93. The van der Waals surface area contributed by atoms with Crippen LogP contribution < -0.4 is 4.74 Å². The maximum Gasteiger partial charge on any atom is 0.119 e. The van der Waals surface area contributed by atoms with Gasteiger partial charge in [0, 0.05) is 0 Å². The molecule has 0 N–H and O–H groups in total. The molecule has 2 heteroatoms. The van der Waals surface area contributed by atoms with Crippen LogP contribution in [-0.4, -0.2) is 6.10 Å². The zero-order valence-corrected chi connectivity index (χ0v) is 11.9. The second kappa shape index (κ2) is 6.77. The lowest BCUT2D eigenvalue weighted by molar-refractivity contribution is 0.242. The van der Waals surface area contributed by atoms with Crippen LogP contribution in [0.4, 0.5) is 0 Å². The third-order valence-corrected chi connectivity index (χ3v) is 3.07. The highest BCUT2D eigenvalue weighted by Gasteiger charge is 2.11. The highest BCUT2D eigenvalue weighted by molar-refractivity contribution is 5.33. The summed E-state index contributed by atoms with van der Waals surface area (Å²) in [6.07, 6.45) is 0.863. The van der Waals surface area contributed by atoms with Gasteiger partial charge >= 0.3 is 0 Å². The molecule has 2 nitrogen and oxygen atoms in total. The quantitative estimate of drug-likeness (QED) is 0.806. The molecule has 0 aliphatic heterocycles. The molecule has 0 fully saturated rings. The zero-order valence-electron chi connectivity index (χ0n) is 11.9. The molecule has 1 atom stereocenters. The normalized spacial score (nSPS) is 11.9. The molecular weight excluding hydrogens is 246 g/mol. The molecule has 0 aliphatic rings. The van der Waals surface area contributed by atoms with E-state index in [1.54, 1.807) is 0 Å². The molecule has 0 saturated heterocycles. The lowest BCUT2D eigenvalue weighted by Gasteiger charge is -2.13. The van der Waals surface area contributed by atoms with E-state index in [2.05, 4.69) is 6.07 Å². The van der Waals surface area contributed by atoms with E-state index >= 15 is 0 Å². The predicted molar refractivity (Wildman–Crippen MR) is 80.7 cm³/mol. The molecule has 0 amide bonds. The highest BCUT2D eigenvalue weighted by Crippen LogP contribution is 2.23. The summed E-state index contributed by atoms with van der Waals surface area (Å²) in [5, 5.41) is 9.37. The van der Waals surface area contributed by atoms with E-state index in [1.165, 1.54) is 0 Å². The highest BCUT2D eigenvalue weighted by atomic mass is 16.5. The molecule has 2 aromatic rings. The SMILES string of the molecule is CC(C)Oc1cccc(CC(C#N)c2ccccc2)c1. The minimum atomic E-state index is -0.120. The summed E-state index contributed by atoms with van der Waals surface area (Å²) in [4.78, 5) is 0. The van der Waals surface area contributed by atoms with Gasteiger partial charge < -0.3 is 4.74 Å². The van der Waals surface area contributed by atoms with Crippen LogP contribution in [0, 0.1) is 11.3 Å². The standard InChI is InChI=1S/C18H19NO/c1-14(2)20-18-10-6-7-15(12-18)11-17(13-19)16-8-4-3-5-9-16/h3-10,12,14,17H,11H2,1-2H3. The molecule has 0 saturated carbocycles. The van der Waals surface area contributed by atoms with Crippen molar-refractivity contribution in [2.45, 2.75) is 32.3 Å². The van der Waals surface area contributed by atoms with Crippen LogP contribution in [0.1, 0.15) is 30.9 Å². The summed E-state index contributed by atoms with van der Waals surface area (Å²) in [5.74, 6) is 0.743. The number of hydrogen-bond acceptors (Lipinski definition) is 2. The Morgan fingerprint density at radius 2 is 1.80 bits per heavy atom. The maximum absolute atomic E-state index is 9.37.